The van der Waals surface area contributed by atoms with Gasteiger partial charge in [0.05, 0.1) is 30.4 Å². The van der Waals surface area contributed by atoms with Gasteiger partial charge in [0.1, 0.15) is 0 Å². The highest BCUT2D eigenvalue weighted by Crippen LogP contribution is 2.35. The molecule has 12 heteroatoms. The van der Waals surface area contributed by atoms with E-state index in [1.54, 1.807) is 43.0 Å². The molecule has 0 saturated heterocycles. The van der Waals surface area contributed by atoms with Crippen molar-refractivity contribution in [2.75, 3.05) is 20.0 Å². The van der Waals surface area contributed by atoms with Crippen LogP contribution in [-0.2, 0) is 4.79 Å². The quantitative estimate of drug-likeness (QED) is 0.159. The Bertz CT molecular complexity index is 1410. The lowest BCUT2D eigenvalue weighted by Crippen LogP contribution is -2.33. The van der Waals surface area contributed by atoms with Crippen molar-refractivity contribution in [3.8, 4) is 22.9 Å². The Balaban J connectivity index is 1.82. The summed E-state index contributed by atoms with van der Waals surface area (Å²) in [6.07, 6.45) is 0.832. The second kappa shape index (κ2) is 10.1. The minimum Gasteiger partial charge on any atom is -0.493 e. The third-order valence-electron chi connectivity index (χ3n) is 5.44. The molecule has 2 heterocycles. The van der Waals surface area contributed by atoms with E-state index in [4.69, 9.17) is 19.4 Å². The first-order chi connectivity index (χ1) is 16.8. The first-order valence-electron chi connectivity index (χ1n) is 10.8. The first-order valence-corrected chi connectivity index (χ1v) is 11.8. The molecule has 0 aliphatic heterocycles. The second-order valence-electron chi connectivity index (χ2n) is 7.76. The number of benzene rings is 2. The van der Waals surface area contributed by atoms with E-state index in [-0.39, 0.29) is 23.4 Å². The maximum Gasteiger partial charge on any atom is 0.269 e. The summed E-state index contributed by atoms with van der Waals surface area (Å²) in [7, 11) is 3.08. The van der Waals surface area contributed by atoms with Crippen LogP contribution in [-0.4, -0.2) is 56.4 Å². The van der Waals surface area contributed by atoms with Gasteiger partial charge in [-0.2, -0.15) is 4.52 Å². The van der Waals surface area contributed by atoms with E-state index >= 15 is 0 Å². The zero-order chi connectivity index (χ0) is 25.1. The summed E-state index contributed by atoms with van der Waals surface area (Å²) in [5, 5.41) is 19.7. The molecule has 1 N–H and O–H groups in total. The van der Waals surface area contributed by atoms with Gasteiger partial charge in [0.25, 0.3) is 5.69 Å². The third-order valence-corrected chi connectivity index (χ3v) is 6.36. The van der Waals surface area contributed by atoms with Crippen LogP contribution < -0.4 is 14.8 Å². The highest BCUT2D eigenvalue weighted by molar-refractivity contribution is 7.99. The number of fused-ring (bicyclic) bond motifs is 3. The monoisotopic (exact) mass is 496 g/mol. The number of non-ortho nitro benzene ring substituents is 1. The number of carbonyl (C=O) groups is 1. The molecule has 4 rings (SSSR count). The summed E-state index contributed by atoms with van der Waals surface area (Å²) >= 11 is 1.24. The minimum atomic E-state index is -0.461. The molecule has 0 bridgehead atoms. The summed E-state index contributed by atoms with van der Waals surface area (Å²) < 4.78 is 12.4. The highest BCUT2D eigenvalue weighted by Gasteiger charge is 2.19. The van der Waals surface area contributed by atoms with E-state index in [9.17, 15) is 14.9 Å². The van der Waals surface area contributed by atoms with Gasteiger partial charge in [-0.15, -0.1) is 5.10 Å². The Morgan fingerprint density at radius 2 is 1.86 bits per heavy atom. The summed E-state index contributed by atoms with van der Waals surface area (Å²) in [6.45, 7) is 3.95. The zero-order valence-corrected chi connectivity index (χ0v) is 20.5. The number of methoxy groups -OCH3 is 2. The Morgan fingerprint density at radius 3 is 2.49 bits per heavy atom. The van der Waals surface area contributed by atoms with Gasteiger partial charge in [0.2, 0.25) is 5.91 Å². The molecule has 182 valence electrons. The van der Waals surface area contributed by atoms with E-state index in [1.165, 1.54) is 23.9 Å². The van der Waals surface area contributed by atoms with Crippen molar-refractivity contribution >= 4 is 39.9 Å². The fraction of sp³-hybridized carbons (Fsp3) is 0.304. The molecule has 0 spiro atoms. The molecule has 11 nitrogen and oxygen atoms in total. The van der Waals surface area contributed by atoms with Crippen molar-refractivity contribution in [3.63, 3.8) is 0 Å². The smallest absolute Gasteiger partial charge is 0.269 e. The molecule has 4 aromatic rings. The van der Waals surface area contributed by atoms with Crippen LogP contribution in [0.5, 0.6) is 11.5 Å². The van der Waals surface area contributed by atoms with Crippen molar-refractivity contribution in [2.45, 2.75) is 31.5 Å². The molecule has 0 radical (unpaired) electrons. The molecule has 0 fully saturated rings. The number of thioether (sulfide) groups is 1. The van der Waals surface area contributed by atoms with Crippen LogP contribution >= 0.6 is 11.8 Å². The van der Waals surface area contributed by atoms with E-state index in [0.29, 0.717) is 44.6 Å². The predicted molar refractivity (Wildman–Crippen MR) is 132 cm³/mol. The number of amides is 1. The number of rotatable bonds is 9. The van der Waals surface area contributed by atoms with Gasteiger partial charge in [-0.05, 0) is 31.5 Å². The molecule has 1 atom stereocenters. The Morgan fingerprint density at radius 1 is 1.17 bits per heavy atom. The number of hydrogen-bond acceptors (Lipinski definition) is 9. The van der Waals surface area contributed by atoms with Crippen molar-refractivity contribution in [1.29, 1.82) is 0 Å². The number of hydrogen-bond donors (Lipinski definition) is 1. The van der Waals surface area contributed by atoms with Gasteiger partial charge in [0.15, 0.2) is 28.1 Å². The topological polar surface area (TPSA) is 134 Å². The maximum absolute atomic E-state index is 12.4. The molecular formula is C23H24N6O5S. The zero-order valence-electron chi connectivity index (χ0n) is 19.6. The maximum atomic E-state index is 12.4. The van der Waals surface area contributed by atoms with Crippen LogP contribution in [0.15, 0.2) is 41.6 Å². The molecule has 35 heavy (non-hydrogen) atoms. The molecule has 0 aliphatic rings. The number of nitro benzene ring substituents is 1. The number of ether oxygens (including phenoxy) is 2. The molecular weight excluding hydrogens is 472 g/mol. The molecule has 2 aromatic heterocycles. The minimum absolute atomic E-state index is 0.0231. The molecule has 0 aliphatic carbocycles. The molecule has 1 amide bonds. The average molecular weight is 497 g/mol. The van der Waals surface area contributed by atoms with Crippen LogP contribution in [0.25, 0.3) is 27.9 Å². The van der Waals surface area contributed by atoms with Gasteiger partial charge in [-0.1, -0.05) is 18.7 Å². The summed E-state index contributed by atoms with van der Waals surface area (Å²) in [5.74, 6) is 1.43. The lowest BCUT2D eigenvalue weighted by Gasteiger charge is -2.12. The van der Waals surface area contributed by atoms with Crippen LogP contribution in [0, 0.1) is 10.1 Å². The van der Waals surface area contributed by atoms with Crippen LogP contribution in [0.2, 0.25) is 0 Å². The van der Waals surface area contributed by atoms with E-state index in [1.807, 2.05) is 13.8 Å². The molecule has 0 saturated carbocycles. The number of nitrogens with zero attached hydrogens (tertiary/aromatic N) is 5. The lowest BCUT2D eigenvalue weighted by atomic mass is 10.2. The Labute approximate surface area is 205 Å². The van der Waals surface area contributed by atoms with E-state index < -0.39 is 4.92 Å². The van der Waals surface area contributed by atoms with Crippen LogP contribution in [0.4, 0.5) is 5.69 Å². The Kier molecular flexibility index (Phi) is 7.01. The lowest BCUT2D eigenvalue weighted by molar-refractivity contribution is -0.384. The normalized spacial score (nSPS) is 12.0. The highest BCUT2D eigenvalue weighted by atomic mass is 32.2. The van der Waals surface area contributed by atoms with Crippen molar-refractivity contribution in [1.82, 2.24) is 24.9 Å². The van der Waals surface area contributed by atoms with Gasteiger partial charge in [0, 0.05) is 35.2 Å². The second-order valence-corrected chi connectivity index (χ2v) is 8.70. The van der Waals surface area contributed by atoms with Gasteiger partial charge < -0.3 is 14.8 Å². The molecule has 2 aromatic carbocycles. The summed E-state index contributed by atoms with van der Waals surface area (Å²) in [5.41, 5.74) is 1.69. The number of nitro groups is 1. The number of aromatic nitrogens is 4. The number of carbonyl (C=O) groups excluding carboxylic acids is 1. The summed E-state index contributed by atoms with van der Waals surface area (Å²) in [4.78, 5) is 32.4. The van der Waals surface area contributed by atoms with Gasteiger partial charge in [-0.3, -0.25) is 14.9 Å². The van der Waals surface area contributed by atoms with E-state index in [0.717, 1.165) is 6.42 Å². The van der Waals surface area contributed by atoms with Crippen molar-refractivity contribution in [2.24, 2.45) is 0 Å². The average Bonchev–Trinajstić information content (AvgIpc) is 3.32. The van der Waals surface area contributed by atoms with E-state index in [2.05, 4.69) is 10.4 Å². The first kappa shape index (κ1) is 24.2. The predicted octanol–water partition coefficient (Wildman–Crippen LogP) is 3.88. The third kappa shape index (κ3) is 4.97. The van der Waals surface area contributed by atoms with Crippen molar-refractivity contribution in [3.05, 3.63) is 46.5 Å². The van der Waals surface area contributed by atoms with Crippen molar-refractivity contribution < 1.29 is 19.2 Å². The van der Waals surface area contributed by atoms with Gasteiger partial charge >= 0.3 is 0 Å². The van der Waals surface area contributed by atoms with Crippen LogP contribution in [0.1, 0.15) is 20.3 Å². The van der Waals surface area contributed by atoms with Gasteiger partial charge in [-0.25, -0.2) is 9.97 Å². The standard InChI is InChI=1S/C23H24N6O5S/c1-5-13(2)24-20(30)12-35-23-25-17-11-19(34-4)18(33-3)10-16(17)22-26-21(27-28(22)23)14-6-8-15(9-7-14)29(31)32/h6-11,13H,5,12H2,1-4H3,(H,24,30)/t13-/m1/s1. The molecule has 0 unspecified atom stereocenters. The SMILES string of the molecule is CC[C@@H](C)NC(=O)CSc1nc2cc(OC)c(OC)cc2c2nc(-c3ccc([N+](=O)[O-])cc3)nn12. The fourth-order valence-electron chi connectivity index (χ4n) is 3.41. The Hall–Kier alpha value is -3.93. The largest absolute Gasteiger partial charge is 0.493 e. The fourth-order valence-corrected chi connectivity index (χ4v) is 4.16. The summed E-state index contributed by atoms with van der Waals surface area (Å²) in [6, 6.07) is 9.59. The number of nitrogens with one attached hydrogen (secondary N) is 1. The van der Waals surface area contributed by atoms with Crippen LogP contribution in [0.3, 0.4) is 0 Å².